The monoisotopic (exact) mass is 344 g/mol. The molecule has 1 fully saturated rings. The average molecular weight is 344 g/mol. The van der Waals surface area contributed by atoms with Crippen LogP contribution < -0.4 is 0 Å². The van der Waals surface area contributed by atoms with Gasteiger partial charge in [-0.25, -0.2) is 14.4 Å². The number of para-hydroxylation sites is 1. The Balaban J connectivity index is 1.51. The number of hydrogen-bond donors (Lipinski definition) is 0. The van der Waals surface area contributed by atoms with Gasteiger partial charge in [0, 0.05) is 19.6 Å². The van der Waals surface area contributed by atoms with Crippen molar-refractivity contribution in [2.24, 2.45) is 0 Å². The van der Waals surface area contributed by atoms with Crippen LogP contribution in [0.4, 0.5) is 4.39 Å². The summed E-state index contributed by atoms with van der Waals surface area (Å²) in [6.45, 7) is 6.47. The van der Waals surface area contributed by atoms with E-state index in [0.29, 0.717) is 25.2 Å². The number of morpholine rings is 1. The molecule has 25 heavy (non-hydrogen) atoms. The Hall–Kier alpha value is -2.32. The van der Waals surface area contributed by atoms with Crippen LogP contribution in [-0.2, 0) is 24.4 Å². The molecule has 0 unspecified atom stereocenters. The minimum Gasteiger partial charge on any atom is -0.374 e. The molecule has 1 aliphatic rings. The molecule has 1 aromatic carbocycles. The topological polar surface area (TPSA) is 61.0 Å². The molecule has 4 rings (SSSR count). The maximum atomic E-state index is 14.0. The van der Waals surface area contributed by atoms with Gasteiger partial charge in [0.1, 0.15) is 24.0 Å². The number of fused-ring (bicyclic) bond motifs is 1. The minimum atomic E-state index is -0.267. The molecule has 0 aliphatic carbocycles. The zero-order valence-corrected chi connectivity index (χ0v) is 14.2. The second-order valence-electron chi connectivity index (χ2n) is 6.23. The van der Waals surface area contributed by atoms with Gasteiger partial charge in [-0.15, -0.1) is 0 Å². The van der Waals surface area contributed by atoms with Crippen molar-refractivity contribution >= 4 is 11.0 Å². The van der Waals surface area contributed by atoms with E-state index in [9.17, 15) is 4.39 Å². The van der Waals surface area contributed by atoms with Crippen molar-refractivity contribution < 1.29 is 9.13 Å². The van der Waals surface area contributed by atoms with E-state index in [1.165, 1.54) is 12.4 Å². The zero-order chi connectivity index (χ0) is 17.2. The molecule has 0 saturated carbocycles. The minimum absolute atomic E-state index is 0.0617. The highest BCUT2D eigenvalue weighted by atomic mass is 19.1. The molecule has 0 radical (unpaired) electrons. The fraction of sp³-hybridized carbons (Fsp3) is 0.471. The summed E-state index contributed by atoms with van der Waals surface area (Å²) < 4.78 is 23.7. The van der Waals surface area contributed by atoms with E-state index in [-0.39, 0.29) is 11.9 Å². The first-order valence-corrected chi connectivity index (χ1v) is 8.54. The van der Waals surface area contributed by atoms with Crippen molar-refractivity contribution in [2.75, 3.05) is 19.7 Å². The molecule has 1 atom stereocenters. The van der Waals surface area contributed by atoms with Gasteiger partial charge < -0.3 is 9.30 Å². The highest BCUT2D eigenvalue weighted by Gasteiger charge is 2.23. The first kappa shape index (κ1) is 16.2. The van der Waals surface area contributed by atoms with Crippen LogP contribution in [0.1, 0.15) is 12.7 Å². The van der Waals surface area contributed by atoms with Crippen LogP contribution in [0.2, 0.25) is 0 Å². The number of rotatable bonds is 5. The van der Waals surface area contributed by atoms with Crippen LogP contribution in [-0.4, -0.2) is 55.0 Å². The van der Waals surface area contributed by atoms with Crippen molar-refractivity contribution in [3.63, 3.8) is 0 Å². The Morgan fingerprint density at radius 3 is 3.08 bits per heavy atom. The number of hydrogen-bond acceptors (Lipinski definition) is 5. The second-order valence-corrected chi connectivity index (χ2v) is 6.23. The van der Waals surface area contributed by atoms with Crippen molar-refractivity contribution in [3.05, 3.63) is 42.5 Å². The Kier molecular flexibility index (Phi) is 4.46. The predicted molar refractivity (Wildman–Crippen MR) is 90.4 cm³/mol. The summed E-state index contributed by atoms with van der Waals surface area (Å²) in [7, 11) is 0. The van der Waals surface area contributed by atoms with Crippen molar-refractivity contribution in [2.45, 2.75) is 32.7 Å². The molecule has 0 N–H and O–H groups in total. The van der Waals surface area contributed by atoms with E-state index in [0.717, 1.165) is 31.0 Å². The number of aromatic nitrogens is 5. The summed E-state index contributed by atoms with van der Waals surface area (Å²) in [5.74, 6) is 0.626. The van der Waals surface area contributed by atoms with E-state index in [2.05, 4.69) is 31.5 Å². The van der Waals surface area contributed by atoms with Gasteiger partial charge >= 0.3 is 0 Å². The fourth-order valence-electron chi connectivity index (χ4n) is 3.40. The van der Waals surface area contributed by atoms with Crippen LogP contribution in [0.25, 0.3) is 11.0 Å². The largest absolute Gasteiger partial charge is 0.374 e. The molecule has 1 aliphatic heterocycles. The quantitative estimate of drug-likeness (QED) is 0.705. The summed E-state index contributed by atoms with van der Waals surface area (Å²) >= 11 is 0. The third kappa shape index (κ3) is 3.27. The van der Waals surface area contributed by atoms with E-state index in [1.54, 1.807) is 17.1 Å². The molecule has 3 heterocycles. The summed E-state index contributed by atoms with van der Waals surface area (Å²) in [5, 5.41) is 4.13. The molecule has 8 heteroatoms. The second kappa shape index (κ2) is 6.89. The maximum Gasteiger partial charge on any atom is 0.151 e. The lowest BCUT2D eigenvalue weighted by Gasteiger charge is -2.32. The molecule has 0 spiro atoms. The molecule has 1 saturated heterocycles. The van der Waals surface area contributed by atoms with Gasteiger partial charge in [0.05, 0.1) is 31.3 Å². The Morgan fingerprint density at radius 2 is 2.28 bits per heavy atom. The van der Waals surface area contributed by atoms with Gasteiger partial charge in [0.2, 0.25) is 0 Å². The molecule has 2 aromatic heterocycles. The van der Waals surface area contributed by atoms with E-state index < -0.39 is 0 Å². The van der Waals surface area contributed by atoms with Crippen molar-refractivity contribution in [3.8, 4) is 0 Å². The standard InChI is InChI=1S/C17H21FN6O/c1-2-24-15-5-3-4-14(18)17(15)21-16(24)10-22-6-7-25-13(8-22)9-23-12-19-11-20-23/h3-5,11-13H,2,6-10H2,1H3/t13-/m0/s1. The average Bonchev–Trinajstić information content (AvgIpc) is 3.23. The normalized spacial score (nSPS) is 18.9. The first-order chi connectivity index (χ1) is 12.2. The lowest BCUT2D eigenvalue weighted by atomic mass is 10.2. The molecular weight excluding hydrogens is 323 g/mol. The van der Waals surface area contributed by atoms with E-state index in [1.807, 2.05) is 6.07 Å². The third-order valence-corrected chi connectivity index (χ3v) is 4.57. The Morgan fingerprint density at radius 1 is 1.36 bits per heavy atom. The fourth-order valence-corrected chi connectivity index (χ4v) is 3.40. The van der Waals surface area contributed by atoms with Gasteiger partial charge in [0.25, 0.3) is 0 Å². The van der Waals surface area contributed by atoms with E-state index >= 15 is 0 Å². The van der Waals surface area contributed by atoms with Crippen molar-refractivity contribution in [1.82, 2.24) is 29.2 Å². The summed E-state index contributed by atoms with van der Waals surface area (Å²) in [6, 6.07) is 5.12. The number of imidazole rings is 1. The molecule has 3 aromatic rings. The Bertz CT molecular complexity index is 846. The molecule has 0 bridgehead atoms. The molecular formula is C17H21FN6O. The SMILES string of the molecule is CCn1c(CN2CCO[C@H](Cn3cncn3)C2)nc2c(F)cccc21. The van der Waals surface area contributed by atoms with Crippen LogP contribution in [0.15, 0.2) is 30.9 Å². The lowest BCUT2D eigenvalue weighted by molar-refractivity contribution is -0.0411. The highest BCUT2D eigenvalue weighted by Crippen LogP contribution is 2.21. The number of ether oxygens (including phenoxy) is 1. The third-order valence-electron chi connectivity index (χ3n) is 4.57. The maximum absolute atomic E-state index is 14.0. The highest BCUT2D eigenvalue weighted by molar-refractivity contribution is 5.76. The molecule has 0 amide bonds. The number of nitrogens with zero attached hydrogens (tertiary/aromatic N) is 6. The predicted octanol–water partition coefficient (Wildman–Crippen LogP) is 1.69. The Labute approximate surface area is 145 Å². The molecule has 132 valence electrons. The number of aryl methyl sites for hydroxylation is 1. The number of benzene rings is 1. The van der Waals surface area contributed by atoms with Gasteiger partial charge in [-0.2, -0.15) is 5.10 Å². The van der Waals surface area contributed by atoms with Gasteiger partial charge in [0.15, 0.2) is 5.82 Å². The smallest absolute Gasteiger partial charge is 0.151 e. The van der Waals surface area contributed by atoms with Crippen LogP contribution in [0, 0.1) is 5.82 Å². The summed E-state index contributed by atoms with van der Waals surface area (Å²) in [6.07, 6.45) is 3.28. The van der Waals surface area contributed by atoms with Crippen LogP contribution in [0.5, 0.6) is 0 Å². The van der Waals surface area contributed by atoms with Gasteiger partial charge in [-0.1, -0.05) is 6.07 Å². The summed E-state index contributed by atoms with van der Waals surface area (Å²) in [4.78, 5) is 10.8. The van der Waals surface area contributed by atoms with E-state index in [4.69, 9.17) is 4.74 Å². The first-order valence-electron chi connectivity index (χ1n) is 8.54. The zero-order valence-electron chi connectivity index (χ0n) is 14.2. The van der Waals surface area contributed by atoms with Crippen molar-refractivity contribution in [1.29, 1.82) is 0 Å². The van der Waals surface area contributed by atoms with Crippen LogP contribution in [0.3, 0.4) is 0 Å². The number of halogens is 1. The molecule has 7 nitrogen and oxygen atoms in total. The van der Waals surface area contributed by atoms with Crippen LogP contribution >= 0.6 is 0 Å². The van der Waals surface area contributed by atoms with Gasteiger partial charge in [-0.3, -0.25) is 9.58 Å². The van der Waals surface area contributed by atoms with Gasteiger partial charge in [-0.05, 0) is 19.1 Å². The lowest BCUT2D eigenvalue weighted by Crippen LogP contribution is -2.44. The summed E-state index contributed by atoms with van der Waals surface area (Å²) in [5.41, 5.74) is 1.30.